The number of piperidine rings is 1. The van der Waals surface area contributed by atoms with Gasteiger partial charge in [-0.15, -0.1) is 0 Å². The van der Waals surface area contributed by atoms with Crippen molar-refractivity contribution in [2.75, 3.05) is 19.6 Å². The zero-order chi connectivity index (χ0) is 28.4. The second kappa shape index (κ2) is 11.4. The van der Waals surface area contributed by atoms with Gasteiger partial charge in [0.25, 0.3) is 5.89 Å². The lowest BCUT2D eigenvalue weighted by molar-refractivity contribution is -0.139. The number of β-amino-alcohol motifs (C(OH)–C–C–N with tert-alkyl or cyclic N) is 1. The summed E-state index contributed by atoms with van der Waals surface area (Å²) in [5.74, 6) is -1.73. The highest BCUT2D eigenvalue weighted by Crippen LogP contribution is 2.43. The molecule has 0 radical (unpaired) electrons. The largest absolute Gasteiger partial charge is 0.481 e. The zero-order valence-electron chi connectivity index (χ0n) is 20.9. The molecule has 2 aromatic heterocycles. The van der Waals surface area contributed by atoms with Gasteiger partial charge in [0.2, 0.25) is 5.82 Å². The van der Waals surface area contributed by atoms with Crippen LogP contribution in [-0.2, 0) is 11.0 Å². The first-order chi connectivity index (χ1) is 19.1. The van der Waals surface area contributed by atoms with Crippen molar-refractivity contribution in [1.29, 1.82) is 0 Å². The predicted molar refractivity (Wildman–Crippen MR) is 137 cm³/mol. The molecule has 9 nitrogen and oxygen atoms in total. The number of halogens is 4. The van der Waals surface area contributed by atoms with E-state index in [1.54, 1.807) is 24.3 Å². The number of carbonyl (C=O) groups is 1. The lowest BCUT2D eigenvalue weighted by Crippen LogP contribution is -2.38. The van der Waals surface area contributed by atoms with Gasteiger partial charge in [-0.3, -0.25) is 4.79 Å². The molecule has 2 unspecified atom stereocenters. The number of aliphatic hydroxyl groups excluding tert-OH is 1. The lowest BCUT2D eigenvalue weighted by atomic mass is 9.94. The van der Waals surface area contributed by atoms with E-state index in [1.165, 1.54) is 24.3 Å². The minimum absolute atomic E-state index is 0.0315. The fraction of sp³-hybridized carbons (Fsp3) is 0.333. The highest BCUT2D eigenvalue weighted by molar-refractivity contribution is 6.30. The number of nitrogens with zero attached hydrogens (tertiary/aromatic N) is 4. The van der Waals surface area contributed by atoms with Crippen LogP contribution in [0.15, 0.2) is 57.6 Å². The maximum Gasteiger partial charge on any atom is 0.422 e. The average Bonchev–Trinajstić information content (AvgIpc) is 3.56. The van der Waals surface area contributed by atoms with E-state index in [4.69, 9.17) is 25.8 Å². The Kier molecular flexibility index (Phi) is 7.92. The number of aliphatic carboxylic acids is 1. The number of aromatic nitrogens is 3. The summed E-state index contributed by atoms with van der Waals surface area (Å²) < 4.78 is 52.3. The molecule has 0 bridgehead atoms. The number of benzene rings is 2. The van der Waals surface area contributed by atoms with E-state index in [9.17, 15) is 23.1 Å². The summed E-state index contributed by atoms with van der Waals surface area (Å²) in [6.45, 7) is 1.73. The second-order valence-corrected chi connectivity index (χ2v) is 10.1. The number of hydrogen-bond acceptors (Lipinski definition) is 8. The van der Waals surface area contributed by atoms with Gasteiger partial charge in [0, 0.05) is 35.7 Å². The molecule has 1 saturated heterocycles. The van der Waals surface area contributed by atoms with Gasteiger partial charge < -0.3 is 24.2 Å². The molecule has 5 rings (SSSR count). The summed E-state index contributed by atoms with van der Waals surface area (Å²) in [7, 11) is 0. The molecule has 0 spiro atoms. The standard InChI is InChI=1S/C27H24ClF3N4O5/c28-19-5-1-4-18(12-19)24-22(27(29,30)31)23(33-39-24)26-32-25(34-40-26)17-8-6-16(7-9-17)20(36)14-35-10-2-3-15(13-35)11-21(37)38/h1,4-9,12,15,20,36H,2-3,10-11,13-14H2,(H,37,38). The van der Waals surface area contributed by atoms with Crippen LogP contribution in [0.1, 0.15) is 36.5 Å². The highest BCUT2D eigenvalue weighted by atomic mass is 35.5. The van der Waals surface area contributed by atoms with Crippen LogP contribution >= 0.6 is 11.6 Å². The minimum Gasteiger partial charge on any atom is -0.481 e. The molecule has 1 fully saturated rings. The predicted octanol–water partition coefficient (Wildman–Crippen LogP) is 5.95. The molecule has 13 heteroatoms. The molecule has 3 heterocycles. The molecule has 0 saturated carbocycles. The SMILES string of the molecule is O=C(O)CC1CCCN(CC(O)c2ccc(-c3noc(-c4noc(-c5cccc(Cl)c5)c4C(F)(F)F)n3)cc2)C1. The van der Waals surface area contributed by atoms with Crippen LogP contribution in [0.3, 0.4) is 0 Å². The molecular weight excluding hydrogens is 553 g/mol. The fourth-order valence-corrected chi connectivity index (χ4v) is 5.09. The van der Waals surface area contributed by atoms with Gasteiger partial charge >= 0.3 is 12.1 Å². The molecule has 1 aliphatic rings. The number of carboxylic acid groups (broad SMARTS) is 1. The Morgan fingerprint density at radius 1 is 1.12 bits per heavy atom. The number of likely N-dealkylation sites (tertiary alicyclic amines) is 1. The van der Waals surface area contributed by atoms with E-state index >= 15 is 0 Å². The molecule has 1 aliphatic heterocycles. The number of rotatable bonds is 8. The molecule has 2 atom stereocenters. The van der Waals surface area contributed by atoms with Crippen molar-refractivity contribution in [3.63, 3.8) is 0 Å². The Hall–Kier alpha value is -3.74. The number of alkyl halides is 3. The minimum atomic E-state index is -4.83. The van der Waals surface area contributed by atoms with E-state index in [2.05, 4.69) is 20.2 Å². The normalized spacial score (nSPS) is 17.2. The molecular formula is C27H24ClF3N4O5. The van der Waals surface area contributed by atoms with Crippen LogP contribution in [0.2, 0.25) is 5.02 Å². The van der Waals surface area contributed by atoms with Crippen molar-refractivity contribution in [3.05, 3.63) is 64.7 Å². The first-order valence-electron chi connectivity index (χ1n) is 12.5. The molecule has 2 aromatic carbocycles. The quantitative estimate of drug-likeness (QED) is 0.261. The maximum absolute atomic E-state index is 14.0. The Balaban J connectivity index is 1.32. The van der Waals surface area contributed by atoms with Crippen molar-refractivity contribution < 1.29 is 37.2 Å². The van der Waals surface area contributed by atoms with Gasteiger partial charge in [-0.05, 0) is 43.0 Å². The second-order valence-electron chi connectivity index (χ2n) is 9.67. The topological polar surface area (TPSA) is 126 Å². The highest BCUT2D eigenvalue weighted by Gasteiger charge is 2.43. The summed E-state index contributed by atoms with van der Waals surface area (Å²) in [4.78, 5) is 17.2. The molecule has 2 N–H and O–H groups in total. The summed E-state index contributed by atoms with van der Waals surface area (Å²) in [5.41, 5.74) is -0.635. The molecule has 0 aliphatic carbocycles. The van der Waals surface area contributed by atoms with Crippen LogP contribution in [0.4, 0.5) is 13.2 Å². The van der Waals surface area contributed by atoms with Gasteiger partial charge in [-0.1, -0.05) is 58.3 Å². The Bertz CT molecular complexity index is 1490. The fourth-order valence-electron chi connectivity index (χ4n) is 4.90. The molecule has 0 amide bonds. The summed E-state index contributed by atoms with van der Waals surface area (Å²) in [6.07, 6.45) is -3.82. The van der Waals surface area contributed by atoms with Crippen LogP contribution in [0.25, 0.3) is 34.3 Å². The molecule has 40 heavy (non-hydrogen) atoms. The van der Waals surface area contributed by atoms with E-state index in [1.807, 2.05) is 0 Å². The Morgan fingerprint density at radius 3 is 2.60 bits per heavy atom. The zero-order valence-corrected chi connectivity index (χ0v) is 21.7. The number of aliphatic hydroxyl groups is 1. The summed E-state index contributed by atoms with van der Waals surface area (Å²) >= 11 is 5.94. The van der Waals surface area contributed by atoms with Gasteiger partial charge in [-0.25, -0.2) is 0 Å². The maximum atomic E-state index is 14.0. The van der Waals surface area contributed by atoms with Crippen LogP contribution < -0.4 is 0 Å². The van der Waals surface area contributed by atoms with E-state index in [0.717, 1.165) is 19.4 Å². The van der Waals surface area contributed by atoms with Crippen molar-refractivity contribution in [2.24, 2.45) is 5.92 Å². The third kappa shape index (κ3) is 6.19. The molecule has 210 valence electrons. The van der Waals surface area contributed by atoms with Crippen molar-refractivity contribution in [1.82, 2.24) is 20.2 Å². The van der Waals surface area contributed by atoms with Crippen molar-refractivity contribution in [2.45, 2.75) is 31.5 Å². The smallest absolute Gasteiger partial charge is 0.422 e. The summed E-state index contributed by atoms with van der Waals surface area (Å²) in [5, 5.41) is 27.4. The van der Waals surface area contributed by atoms with Crippen LogP contribution in [0, 0.1) is 5.92 Å². The lowest BCUT2D eigenvalue weighted by Gasteiger charge is -2.33. The monoisotopic (exact) mass is 576 g/mol. The average molecular weight is 577 g/mol. The van der Waals surface area contributed by atoms with E-state index in [0.29, 0.717) is 24.2 Å². The third-order valence-electron chi connectivity index (χ3n) is 6.74. The number of hydrogen-bond donors (Lipinski definition) is 2. The summed E-state index contributed by atoms with van der Waals surface area (Å²) in [6, 6.07) is 12.4. The first kappa shape index (κ1) is 27.8. The van der Waals surface area contributed by atoms with Crippen LogP contribution in [0.5, 0.6) is 0 Å². The van der Waals surface area contributed by atoms with Gasteiger partial charge in [-0.2, -0.15) is 18.2 Å². The first-order valence-corrected chi connectivity index (χ1v) is 12.9. The molecule has 4 aromatic rings. The van der Waals surface area contributed by atoms with Gasteiger partial charge in [0.05, 0.1) is 6.10 Å². The Morgan fingerprint density at radius 2 is 1.90 bits per heavy atom. The van der Waals surface area contributed by atoms with E-state index in [-0.39, 0.29) is 28.7 Å². The Labute approximate surface area is 231 Å². The third-order valence-corrected chi connectivity index (χ3v) is 6.98. The van der Waals surface area contributed by atoms with E-state index < -0.39 is 41.2 Å². The van der Waals surface area contributed by atoms with Crippen molar-refractivity contribution in [3.8, 4) is 34.3 Å². The van der Waals surface area contributed by atoms with Gasteiger partial charge in [0.15, 0.2) is 11.5 Å². The van der Waals surface area contributed by atoms with Crippen molar-refractivity contribution >= 4 is 17.6 Å². The number of carboxylic acids is 1. The van der Waals surface area contributed by atoms with Gasteiger partial charge in [0.1, 0.15) is 5.56 Å². The van der Waals surface area contributed by atoms with Crippen LogP contribution in [-0.4, -0.2) is 56.0 Å².